The molecule has 0 unspecified atom stereocenters. The number of likely N-dealkylation sites (N-methyl/N-ethyl adjacent to an activating group) is 1. The van der Waals surface area contributed by atoms with E-state index in [1.807, 2.05) is 13.8 Å². The van der Waals surface area contributed by atoms with Crippen LogP contribution in [0.4, 0.5) is 4.79 Å². The van der Waals surface area contributed by atoms with E-state index in [0.29, 0.717) is 38.6 Å². The van der Waals surface area contributed by atoms with Crippen LogP contribution in [0.1, 0.15) is 112 Å². The first-order chi connectivity index (χ1) is 25.7. The van der Waals surface area contributed by atoms with E-state index < -0.39 is 78.6 Å². The second-order valence-electron chi connectivity index (χ2n) is 15.4. The van der Waals surface area contributed by atoms with Crippen LogP contribution in [0.15, 0.2) is 0 Å². The predicted molar refractivity (Wildman–Crippen MR) is 204 cm³/mol. The van der Waals surface area contributed by atoms with Crippen LogP contribution in [-0.4, -0.2) is 117 Å². The van der Waals surface area contributed by atoms with E-state index in [2.05, 4.69) is 28.2 Å². The highest BCUT2D eigenvalue weighted by molar-refractivity contribution is 5.96. The van der Waals surface area contributed by atoms with E-state index in [-0.39, 0.29) is 37.6 Å². The summed E-state index contributed by atoms with van der Waals surface area (Å²) in [5.41, 5.74) is 10.8. The van der Waals surface area contributed by atoms with E-state index in [0.717, 1.165) is 44.9 Å². The first-order valence-corrected chi connectivity index (χ1v) is 20.0. The Hall–Kier alpha value is -3.50. The molecule has 7 atom stereocenters. The average molecular weight is 768 g/mol. The lowest BCUT2D eigenvalue weighted by Crippen LogP contribution is -2.61. The quantitative estimate of drug-likeness (QED) is 0.132. The van der Waals surface area contributed by atoms with Crippen molar-refractivity contribution in [2.45, 2.75) is 148 Å². The van der Waals surface area contributed by atoms with Crippen molar-refractivity contribution < 1.29 is 43.0 Å². The SMILES string of the molecule is CCCCCC[C@H]1OC[C@@H](C)NC(=O)[C@H](COCCCN)NC(=O)[C@H](COC(N)=O)NC(=O)[C@H](C2CCCCC2)NC(=O)[C@H](CC(C)C)N(C)C(=O)[C@@H]1C. The number of hydrogen-bond donors (Lipinski definition) is 6. The number of unbranched alkanes of at least 4 members (excludes halogenated alkanes) is 3. The van der Waals surface area contributed by atoms with Gasteiger partial charge in [0.15, 0.2) is 0 Å². The van der Waals surface area contributed by atoms with E-state index >= 15 is 0 Å². The van der Waals surface area contributed by atoms with Gasteiger partial charge in [0.05, 0.1) is 25.2 Å². The minimum atomic E-state index is -1.47. The van der Waals surface area contributed by atoms with Gasteiger partial charge >= 0.3 is 6.09 Å². The normalized spacial score (nSPS) is 27.6. The summed E-state index contributed by atoms with van der Waals surface area (Å²) in [7, 11) is 1.61. The van der Waals surface area contributed by atoms with Crippen LogP contribution in [-0.2, 0) is 38.2 Å². The predicted octanol–water partition coefficient (Wildman–Crippen LogP) is 1.86. The van der Waals surface area contributed by atoms with Crippen LogP contribution in [0.25, 0.3) is 0 Å². The molecule has 2 aliphatic rings. The number of amides is 6. The number of carbonyl (C=O) groups excluding carboxylic acids is 6. The number of hydrogen-bond acceptors (Lipinski definition) is 10. The number of nitrogens with zero attached hydrogens (tertiary/aromatic N) is 1. The van der Waals surface area contributed by atoms with Crippen molar-refractivity contribution in [1.29, 1.82) is 0 Å². The molecule has 6 amide bonds. The summed E-state index contributed by atoms with van der Waals surface area (Å²) in [5, 5.41) is 11.1. The van der Waals surface area contributed by atoms with Gasteiger partial charge < -0.3 is 51.8 Å². The van der Waals surface area contributed by atoms with Gasteiger partial charge in [0.2, 0.25) is 29.5 Å². The fourth-order valence-corrected chi connectivity index (χ4v) is 6.99. The van der Waals surface area contributed by atoms with Crippen molar-refractivity contribution in [3.05, 3.63) is 0 Å². The van der Waals surface area contributed by atoms with Crippen molar-refractivity contribution in [2.24, 2.45) is 29.2 Å². The summed E-state index contributed by atoms with van der Waals surface area (Å²) in [5.74, 6) is -3.65. The molecule has 54 heavy (non-hydrogen) atoms. The van der Waals surface area contributed by atoms with Gasteiger partial charge in [-0.05, 0) is 57.4 Å². The van der Waals surface area contributed by atoms with Crippen molar-refractivity contribution in [3.63, 3.8) is 0 Å². The Labute approximate surface area is 321 Å². The fourth-order valence-electron chi connectivity index (χ4n) is 6.99. The van der Waals surface area contributed by atoms with Crippen LogP contribution in [0.3, 0.4) is 0 Å². The van der Waals surface area contributed by atoms with Gasteiger partial charge in [0.25, 0.3) is 0 Å². The van der Waals surface area contributed by atoms with Crippen LogP contribution in [0, 0.1) is 17.8 Å². The standard InChI is InChI=1S/C38H69N7O9/c1-7-8-9-13-17-31-26(5)37(50)45(6)30(20-24(2)3)35(48)44-32(27-15-11-10-12-16-27)36(49)43-29(23-54-38(40)51)34(47)42-28(22-52-19-14-18-39)33(46)41-25(4)21-53-31/h24-32H,7-23,39H2,1-6H3,(H2,40,51)(H,41,46)(H,42,47)(H,43,49)(H,44,48)/t25-,26-,28+,29+,30+,31-,32+/m1/s1. The molecule has 0 aromatic heterocycles. The highest BCUT2D eigenvalue weighted by Crippen LogP contribution is 2.28. The number of primary amides is 1. The molecule has 1 aliphatic carbocycles. The van der Waals surface area contributed by atoms with Gasteiger partial charge in [0, 0.05) is 19.7 Å². The van der Waals surface area contributed by atoms with E-state index in [1.165, 1.54) is 4.90 Å². The summed E-state index contributed by atoms with van der Waals surface area (Å²) in [6, 6.07) is -5.17. The van der Waals surface area contributed by atoms with Crippen molar-refractivity contribution in [1.82, 2.24) is 26.2 Å². The lowest BCUT2D eigenvalue weighted by atomic mass is 9.83. The number of ether oxygens (including phenoxy) is 3. The molecule has 16 nitrogen and oxygen atoms in total. The molecule has 2 fully saturated rings. The summed E-state index contributed by atoms with van der Waals surface area (Å²) in [6.07, 6.45) is 7.71. The summed E-state index contributed by atoms with van der Waals surface area (Å²) < 4.78 is 17.0. The van der Waals surface area contributed by atoms with Gasteiger partial charge in [-0.15, -0.1) is 0 Å². The largest absolute Gasteiger partial charge is 0.447 e. The van der Waals surface area contributed by atoms with Crippen molar-refractivity contribution in [2.75, 3.05) is 40.0 Å². The lowest BCUT2D eigenvalue weighted by molar-refractivity contribution is -0.147. The number of nitrogens with one attached hydrogen (secondary N) is 4. The summed E-state index contributed by atoms with van der Waals surface area (Å²) in [4.78, 5) is 83.1. The highest BCUT2D eigenvalue weighted by Gasteiger charge is 2.39. The van der Waals surface area contributed by atoms with Crippen LogP contribution < -0.4 is 32.7 Å². The number of nitrogens with two attached hydrogens (primary N) is 2. The topological polar surface area (TPSA) is 234 Å². The third-order valence-electron chi connectivity index (χ3n) is 10.2. The van der Waals surface area contributed by atoms with E-state index in [1.54, 1.807) is 20.9 Å². The lowest BCUT2D eigenvalue weighted by Gasteiger charge is -2.36. The van der Waals surface area contributed by atoms with E-state index in [9.17, 15) is 28.8 Å². The maximum atomic E-state index is 14.3. The molecule has 0 aromatic carbocycles. The second kappa shape index (κ2) is 24.8. The number of carbonyl (C=O) groups is 6. The highest BCUT2D eigenvalue weighted by atomic mass is 16.5. The first-order valence-electron chi connectivity index (χ1n) is 20.0. The average Bonchev–Trinajstić information content (AvgIpc) is 3.14. The zero-order valence-corrected chi connectivity index (χ0v) is 33.5. The Kier molecular flexibility index (Phi) is 21.4. The van der Waals surface area contributed by atoms with Crippen molar-refractivity contribution >= 4 is 35.6 Å². The molecule has 0 bridgehead atoms. The zero-order chi connectivity index (χ0) is 40.2. The molecule has 1 saturated carbocycles. The maximum absolute atomic E-state index is 14.3. The second-order valence-corrected chi connectivity index (χ2v) is 15.4. The molecular weight excluding hydrogens is 698 g/mol. The van der Waals surface area contributed by atoms with Crippen LogP contribution >= 0.6 is 0 Å². The Morgan fingerprint density at radius 3 is 2.15 bits per heavy atom. The molecule has 0 aromatic rings. The van der Waals surface area contributed by atoms with Crippen LogP contribution in [0.2, 0.25) is 0 Å². The van der Waals surface area contributed by atoms with Crippen LogP contribution in [0.5, 0.6) is 0 Å². The van der Waals surface area contributed by atoms with Gasteiger partial charge in [-0.25, -0.2) is 4.79 Å². The fraction of sp³-hybridized carbons (Fsp3) is 0.842. The minimum absolute atomic E-state index is 0.0340. The molecule has 8 N–H and O–H groups in total. The zero-order valence-electron chi connectivity index (χ0n) is 33.5. The van der Waals surface area contributed by atoms with Gasteiger partial charge in [-0.1, -0.05) is 72.6 Å². The van der Waals surface area contributed by atoms with Gasteiger partial charge in [0.1, 0.15) is 30.8 Å². The van der Waals surface area contributed by atoms with Gasteiger partial charge in [-0.2, -0.15) is 0 Å². The Morgan fingerprint density at radius 2 is 1.52 bits per heavy atom. The number of rotatable bonds is 15. The molecule has 2 rings (SSSR count). The molecule has 1 saturated heterocycles. The van der Waals surface area contributed by atoms with Crippen molar-refractivity contribution in [3.8, 4) is 0 Å². The molecule has 0 spiro atoms. The maximum Gasteiger partial charge on any atom is 0.404 e. The molecule has 0 radical (unpaired) electrons. The third kappa shape index (κ3) is 16.1. The smallest absolute Gasteiger partial charge is 0.404 e. The molecule has 1 heterocycles. The van der Waals surface area contributed by atoms with E-state index in [4.69, 9.17) is 25.7 Å². The summed E-state index contributed by atoms with van der Waals surface area (Å²) in [6.45, 7) is 9.43. The molecular formula is C38H69N7O9. The molecule has 16 heteroatoms. The summed E-state index contributed by atoms with van der Waals surface area (Å²) >= 11 is 0. The third-order valence-corrected chi connectivity index (χ3v) is 10.2. The van der Waals surface area contributed by atoms with Gasteiger partial charge in [-0.3, -0.25) is 24.0 Å². The molecule has 1 aliphatic heterocycles. The monoisotopic (exact) mass is 768 g/mol. The Morgan fingerprint density at radius 1 is 0.870 bits per heavy atom. The minimum Gasteiger partial charge on any atom is -0.447 e. The Bertz CT molecular complexity index is 1200. The first kappa shape index (κ1) is 46.7. The molecule has 310 valence electrons. The Balaban J connectivity index is 2.61.